The molecule has 0 saturated heterocycles. The van der Waals surface area contributed by atoms with Crippen molar-refractivity contribution in [2.75, 3.05) is 12.4 Å². The molecule has 0 aliphatic rings. The fourth-order valence-corrected chi connectivity index (χ4v) is 4.97. The number of methoxy groups -OCH3 is 1. The number of pyridine rings is 1. The third-order valence-corrected chi connectivity index (χ3v) is 6.99. The number of anilines is 1. The predicted molar refractivity (Wildman–Crippen MR) is 119 cm³/mol. The van der Waals surface area contributed by atoms with E-state index in [9.17, 15) is 31.2 Å². The second-order valence-electron chi connectivity index (χ2n) is 7.49. The highest BCUT2D eigenvalue weighted by Gasteiger charge is 2.30. The monoisotopic (exact) mass is 494 g/mol. The molecule has 7 nitrogen and oxygen atoms in total. The number of hydrogen-bond donors (Lipinski definition) is 1. The molecule has 0 saturated carbocycles. The topological polar surface area (TPSA) is 94.5 Å². The molecular formula is C23H21F3N2O5S. The van der Waals surface area contributed by atoms with Crippen LogP contribution in [0.25, 0.3) is 0 Å². The molecule has 0 aliphatic heterocycles. The van der Waals surface area contributed by atoms with Crippen molar-refractivity contribution in [1.82, 2.24) is 4.57 Å². The number of ether oxygens (including phenoxy) is 1. The average molecular weight is 494 g/mol. The molecule has 0 atom stereocenters. The SMILES string of the molecule is COc1ccc(S(=O)(=O)c2c(C)cc(C)n(CC(=O)Nc3cccc(C(F)(F)F)c3)c2=O)cc1. The normalized spacial score (nSPS) is 11.8. The van der Waals surface area contributed by atoms with Crippen molar-refractivity contribution >= 4 is 21.4 Å². The highest BCUT2D eigenvalue weighted by molar-refractivity contribution is 7.91. The summed E-state index contributed by atoms with van der Waals surface area (Å²) in [6.07, 6.45) is -4.59. The number of amides is 1. The Bertz CT molecular complexity index is 1400. The molecule has 1 N–H and O–H groups in total. The van der Waals surface area contributed by atoms with Gasteiger partial charge in [0.1, 0.15) is 17.2 Å². The Morgan fingerprint density at radius 1 is 1.06 bits per heavy atom. The van der Waals surface area contributed by atoms with Crippen LogP contribution in [0.15, 0.2) is 69.2 Å². The van der Waals surface area contributed by atoms with E-state index in [1.165, 1.54) is 57.4 Å². The van der Waals surface area contributed by atoms with Gasteiger partial charge in [-0.15, -0.1) is 0 Å². The van der Waals surface area contributed by atoms with E-state index in [2.05, 4.69) is 5.32 Å². The summed E-state index contributed by atoms with van der Waals surface area (Å²) in [4.78, 5) is 25.1. The molecule has 3 rings (SSSR count). The fourth-order valence-electron chi connectivity index (χ4n) is 3.42. The van der Waals surface area contributed by atoms with Crippen LogP contribution in [0.1, 0.15) is 16.8 Å². The number of aryl methyl sites for hydroxylation is 2. The van der Waals surface area contributed by atoms with Crippen LogP contribution < -0.4 is 15.6 Å². The van der Waals surface area contributed by atoms with Crippen molar-refractivity contribution in [1.29, 1.82) is 0 Å². The standard InChI is InChI=1S/C23H21F3N2O5S/c1-14-11-15(2)28(13-20(29)27-17-6-4-5-16(12-17)23(24,25)26)22(30)21(14)34(31,32)19-9-7-18(33-3)8-10-19/h4-12H,13H2,1-3H3,(H,27,29). The van der Waals surface area contributed by atoms with E-state index >= 15 is 0 Å². The molecule has 0 unspecified atom stereocenters. The summed E-state index contributed by atoms with van der Waals surface area (Å²) in [6.45, 7) is 2.40. The van der Waals surface area contributed by atoms with Crippen LogP contribution >= 0.6 is 0 Å². The molecule has 2 aromatic carbocycles. The molecule has 0 fully saturated rings. The van der Waals surface area contributed by atoms with E-state index in [-0.39, 0.29) is 16.1 Å². The Morgan fingerprint density at radius 2 is 1.71 bits per heavy atom. The summed E-state index contributed by atoms with van der Waals surface area (Å²) < 4.78 is 71.1. The lowest BCUT2D eigenvalue weighted by Crippen LogP contribution is -2.33. The minimum Gasteiger partial charge on any atom is -0.497 e. The first-order valence-corrected chi connectivity index (χ1v) is 11.4. The zero-order valence-corrected chi connectivity index (χ0v) is 19.3. The maximum atomic E-state index is 13.2. The molecule has 3 aromatic rings. The molecule has 0 spiro atoms. The summed E-state index contributed by atoms with van der Waals surface area (Å²) in [7, 11) is -2.80. The molecule has 180 valence electrons. The lowest BCUT2D eigenvalue weighted by atomic mass is 10.2. The van der Waals surface area contributed by atoms with Gasteiger partial charge in [0.2, 0.25) is 15.7 Å². The lowest BCUT2D eigenvalue weighted by Gasteiger charge is -2.15. The quantitative estimate of drug-likeness (QED) is 0.560. The first-order chi connectivity index (χ1) is 15.8. The van der Waals surface area contributed by atoms with Gasteiger partial charge in [0, 0.05) is 11.4 Å². The van der Waals surface area contributed by atoms with Crippen LogP contribution in [0, 0.1) is 13.8 Å². The van der Waals surface area contributed by atoms with E-state index in [4.69, 9.17) is 4.74 Å². The molecular weight excluding hydrogens is 473 g/mol. The van der Waals surface area contributed by atoms with Gasteiger partial charge in [-0.3, -0.25) is 9.59 Å². The number of halogens is 3. The lowest BCUT2D eigenvalue weighted by molar-refractivity contribution is -0.137. The number of hydrogen-bond acceptors (Lipinski definition) is 5. The Balaban J connectivity index is 1.95. The number of carbonyl (C=O) groups is 1. The maximum Gasteiger partial charge on any atom is 0.416 e. The van der Waals surface area contributed by atoms with Gasteiger partial charge in [-0.1, -0.05) is 6.07 Å². The smallest absolute Gasteiger partial charge is 0.416 e. The van der Waals surface area contributed by atoms with E-state index in [0.29, 0.717) is 11.4 Å². The van der Waals surface area contributed by atoms with Gasteiger partial charge >= 0.3 is 6.18 Å². The van der Waals surface area contributed by atoms with Crippen molar-refractivity contribution in [3.8, 4) is 5.75 Å². The number of sulfone groups is 1. The second kappa shape index (κ2) is 9.34. The molecule has 0 radical (unpaired) electrons. The van der Waals surface area contributed by atoms with Gasteiger partial charge in [-0.05, 0) is 67.9 Å². The first-order valence-electron chi connectivity index (χ1n) is 9.92. The zero-order chi connectivity index (χ0) is 25.3. The van der Waals surface area contributed by atoms with Crippen molar-refractivity contribution in [3.63, 3.8) is 0 Å². The molecule has 34 heavy (non-hydrogen) atoms. The molecule has 1 amide bonds. The number of nitrogens with zero attached hydrogens (tertiary/aromatic N) is 1. The number of aromatic nitrogens is 1. The van der Waals surface area contributed by atoms with Crippen LogP contribution in [-0.2, 0) is 27.4 Å². The van der Waals surface area contributed by atoms with Crippen LogP contribution in [0.3, 0.4) is 0 Å². The number of alkyl halides is 3. The second-order valence-corrected chi connectivity index (χ2v) is 9.38. The van der Waals surface area contributed by atoms with Gasteiger partial charge in [0.05, 0.1) is 17.6 Å². The fraction of sp³-hybridized carbons (Fsp3) is 0.217. The third kappa shape index (κ3) is 5.14. The summed E-state index contributed by atoms with van der Waals surface area (Å²) in [6, 6.07) is 11.0. The molecule has 1 heterocycles. The number of rotatable bonds is 6. The molecule has 1 aromatic heterocycles. The van der Waals surface area contributed by atoms with Crippen LogP contribution in [0.4, 0.5) is 18.9 Å². The first kappa shape index (κ1) is 25.0. The maximum absolute atomic E-state index is 13.2. The van der Waals surface area contributed by atoms with Crippen molar-refractivity contribution in [3.05, 3.63) is 81.8 Å². The van der Waals surface area contributed by atoms with Gasteiger partial charge < -0.3 is 14.6 Å². The van der Waals surface area contributed by atoms with Crippen LogP contribution in [0.2, 0.25) is 0 Å². The molecule has 11 heteroatoms. The number of benzene rings is 2. The van der Waals surface area contributed by atoms with Crippen LogP contribution in [0.5, 0.6) is 5.75 Å². The van der Waals surface area contributed by atoms with Gasteiger partial charge in [0.25, 0.3) is 5.56 Å². The van der Waals surface area contributed by atoms with Crippen molar-refractivity contribution < 1.29 is 31.1 Å². The number of carbonyl (C=O) groups excluding carboxylic acids is 1. The molecule has 0 bridgehead atoms. The zero-order valence-electron chi connectivity index (χ0n) is 18.4. The minimum absolute atomic E-state index is 0.108. The summed E-state index contributed by atoms with van der Waals surface area (Å²) in [5.41, 5.74) is -1.44. The minimum atomic E-state index is -4.59. The summed E-state index contributed by atoms with van der Waals surface area (Å²) in [5, 5.41) is 2.31. The van der Waals surface area contributed by atoms with Crippen molar-refractivity contribution in [2.45, 2.75) is 36.4 Å². The highest BCUT2D eigenvalue weighted by atomic mass is 32.2. The van der Waals surface area contributed by atoms with Crippen molar-refractivity contribution in [2.24, 2.45) is 0 Å². The largest absolute Gasteiger partial charge is 0.497 e. The Labute approximate surface area is 193 Å². The summed E-state index contributed by atoms with van der Waals surface area (Å²) >= 11 is 0. The highest BCUT2D eigenvalue weighted by Crippen LogP contribution is 2.30. The molecule has 0 aliphatic carbocycles. The van der Waals surface area contributed by atoms with E-state index in [1.54, 1.807) is 0 Å². The van der Waals surface area contributed by atoms with E-state index in [1.807, 2.05) is 0 Å². The number of nitrogens with one attached hydrogen (secondary N) is 1. The predicted octanol–water partition coefficient (Wildman–Crippen LogP) is 3.96. The third-order valence-electron chi connectivity index (χ3n) is 5.06. The Hall–Kier alpha value is -3.60. The van der Waals surface area contributed by atoms with Gasteiger partial charge in [0.15, 0.2) is 0 Å². The summed E-state index contributed by atoms with van der Waals surface area (Å²) in [5.74, 6) is -0.357. The average Bonchev–Trinajstić information content (AvgIpc) is 2.76. The van der Waals surface area contributed by atoms with Crippen LogP contribution in [-0.4, -0.2) is 26.0 Å². The Kier molecular flexibility index (Phi) is 6.87. The Morgan fingerprint density at radius 3 is 2.29 bits per heavy atom. The van der Waals surface area contributed by atoms with E-state index in [0.717, 1.165) is 22.8 Å². The van der Waals surface area contributed by atoms with E-state index < -0.39 is 44.5 Å². The van der Waals surface area contributed by atoms with Gasteiger partial charge in [-0.25, -0.2) is 8.42 Å². The van der Waals surface area contributed by atoms with Gasteiger partial charge in [-0.2, -0.15) is 13.2 Å².